The van der Waals surface area contributed by atoms with Crippen molar-refractivity contribution < 1.29 is 43.4 Å². The van der Waals surface area contributed by atoms with Crippen LogP contribution in [-0.4, -0.2) is 65.7 Å². The molecule has 0 bridgehead atoms. The van der Waals surface area contributed by atoms with Crippen LogP contribution >= 0.6 is 0 Å². The SMILES string of the molecule is CC(C)(C)OC(=O)N[C@@H](CCCCCC(=O)NCC(=O)Cc1ccc(N=Nc2ccc(NC(=O)CN)cc2)cc1)C(=O)O.O=C=O. The molecule has 0 saturated heterocycles. The number of rotatable bonds is 16. The van der Waals surface area contributed by atoms with E-state index >= 15 is 0 Å². The molecule has 0 fully saturated rings. The summed E-state index contributed by atoms with van der Waals surface area (Å²) in [5.74, 6) is -1.86. The minimum atomic E-state index is -1.15. The highest BCUT2D eigenvalue weighted by molar-refractivity contribution is 5.92. The van der Waals surface area contributed by atoms with Crippen LogP contribution in [0.3, 0.4) is 0 Å². The van der Waals surface area contributed by atoms with Crippen molar-refractivity contribution in [3.05, 3.63) is 54.1 Å². The molecule has 0 radical (unpaired) electrons. The Kier molecular flexibility index (Phi) is 17.4. The minimum Gasteiger partial charge on any atom is -0.480 e. The van der Waals surface area contributed by atoms with E-state index in [1.165, 1.54) is 0 Å². The van der Waals surface area contributed by atoms with E-state index in [0.717, 1.165) is 5.56 Å². The van der Waals surface area contributed by atoms with E-state index in [4.69, 9.17) is 20.1 Å². The van der Waals surface area contributed by atoms with Gasteiger partial charge in [0.05, 0.1) is 24.5 Å². The maximum absolute atomic E-state index is 12.3. The number of carboxylic acids is 1. The third kappa shape index (κ3) is 17.8. The summed E-state index contributed by atoms with van der Waals surface area (Å²) < 4.78 is 5.09. The lowest BCUT2D eigenvalue weighted by atomic mass is 10.1. The van der Waals surface area contributed by atoms with Gasteiger partial charge in [0.1, 0.15) is 11.6 Å². The third-order valence-electron chi connectivity index (χ3n) is 5.82. The normalized spacial score (nSPS) is 11.3. The minimum absolute atomic E-state index is 0.0943. The van der Waals surface area contributed by atoms with Crippen LogP contribution in [0.5, 0.6) is 0 Å². The highest BCUT2D eigenvalue weighted by Crippen LogP contribution is 2.21. The summed E-state index contributed by atoms with van der Waals surface area (Å²) in [7, 11) is 0. The number of anilines is 1. The summed E-state index contributed by atoms with van der Waals surface area (Å²) >= 11 is 0. The molecule has 0 heterocycles. The number of nitrogens with one attached hydrogen (secondary N) is 3. The number of carboxylic acid groups (broad SMARTS) is 1. The standard InChI is InChI=1S/C30H40N6O7.CO2/c1-30(2,3)43-29(42)34-25(28(40)41)7-5-4-6-8-26(38)32-19-24(37)17-20-9-11-22(12-10-20)35-36-23-15-13-21(14-16-23)33-27(39)18-31;2-1-3/h9-16,25H,4-8,17-19,31H2,1-3H3,(H,32,38)(H,33,39)(H,34,42)(H,40,41);/t25-;/m0./s1. The Bertz CT molecular complexity index is 1360. The van der Waals surface area contributed by atoms with E-state index < -0.39 is 23.7 Å². The summed E-state index contributed by atoms with van der Waals surface area (Å²) in [6, 6.07) is 12.7. The lowest BCUT2D eigenvalue weighted by Crippen LogP contribution is -2.43. The monoisotopic (exact) mass is 640 g/mol. The first-order chi connectivity index (χ1) is 21.8. The largest absolute Gasteiger partial charge is 0.480 e. The summed E-state index contributed by atoms with van der Waals surface area (Å²) in [6.07, 6.45) is 1.62. The van der Waals surface area contributed by atoms with Crippen molar-refractivity contribution in [1.82, 2.24) is 10.6 Å². The lowest BCUT2D eigenvalue weighted by molar-refractivity contribution is -0.191. The van der Waals surface area contributed by atoms with Crippen LogP contribution < -0.4 is 21.7 Å². The van der Waals surface area contributed by atoms with Gasteiger partial charge in [-0.25, -0.2) is 9.59 Å². The zero-order chi connectivity index (χ0) is 34.5. The molecule has 0 aromatic heterocycles. The van der Waals surface area contributed by atoms with E-state index in [2.05, 4.69) is 26.2 Å². The Balaban J connectivity index is 0.00000338. The second-order valence-electron chi connectivity index (χ2n) is 10.9. The molecule has 0 spiro atoms. The molecular formula is C31H40N6O9. The molecule has 248 valence electrons. The van der Waals surface area contributed by atoms with E-state index in [-0.39, 0.29) is 56.1 Å². The van der Waals surface area contributed by atoms with Crippen molar-refractivity contribution in [2.75, 3.05) is 18.4 Å². The predicted octanol–water partition coefficient (Wildman–Crippen LogP) is 3.57. The number of carbonyl (C=O) groups excluding carboxylic acids is 6. The zero-order valence-electron chi connectivity index (χ0n) is 26.0. The van der Waals surface area contributed by atoms with Gasteiger partial charge in [0.2, 0.25) is 11.8 Å². The molecule has 0 unspecified atom stereocenters. The second kappa shape index (κ2) is 20.6. The van der Waals surface area contributed by atoms with Gasteiger partial charge < -0.3 is 31.5 Å². The molecule has 15 heteroatoms. The molecule has 15 nitrogen and oxygen atoms in total. The summed E-state index contributed by atoms with van der Waals surface area (Å²) in [5, 5.41) is 25.3. The molecule has 2 rings (SSSR count). The molecule has 0 saturated carbocycles. The van der Waals surface area contributed by atoms with Gasteiger partial charge in [0.25, 0.3) is 0 Å². The highest BCUT2D eigenvalue weighted by atomic mass is 16.6. The maximum Gasteiger partial charge on any atom is 0.408 e. The number of nitrogens with zero attached hydrogens (tertiary/aromatic N) is 2. The van der Waals surface area contributed by atoms with Crippen molar-refractivity contribution in [2.24, 2.45) is 16.0 Å². The Morgan fingerprint density at radius 2 is 1.46 bits per heavy atom. The molecule has 0 aliphatic rings. The number of benzene rings is 2. The molecule has 46 heavy (non-hydrogen) atoms. The molecule has 0 aliphatic heterocycles. The number of azo groups is 1. The Morgan fingerprint density at radius 3 is 1.98 bits per heavy atom. The van der Waals surface area contributed by atoms with Crippen molar-refractivity contribution in [3.8, 4) is 0 Å². The van der Waals surface area contributed by atoms with Crippen LogP contribution in [0.4, 0.5) is 21.9 Å². The quantitative estimate of drug-likeness (QED) is 0.132. The average molecular weight is 641 g/mol. The Morgan fingerprint density at radius 1 is 0.891 bits per heavy atom. The number of unbranched alkanes of at least 4 members (excludes halogenated alkanes) is 2. The fraction of sp³-hybridized carbons (Fsp3) is 0.419. The summed E-state index contributed by atoms with van der Waals surface area (Å²) in [4.78, 5) is 75.3. The van der Waals surface area contributed by atoms with Gasteiger partial charge in [0, 0.05) is 18.5 Å². The average Bonchev–Trinajstić information content (AvgIpc) is 2.99. The summed E-state index contributed by atoms with van der Waals surface area (Å²) in [5.41, 5.74) is 7.12. The van der Waals surface area contributed by atoms with Gasteiger partial charge in [-0.05, 0) is 75.6 Å². The van der Waals surface area contributed by atoms with Crippen LogP contribution in [0, 0.1) is 0 Å². The molecule has 0 aliphatic carbocycles. The number of Topliss-reactive ketones (excluding diaryl/α,β-unsaturated/α-hetero) is 1. The molecule has 2 aromatic rings. The maximum atomic E-state index is 12.3. The van der Waals surface area contributed by atoms with Gasteiger partial charge in [-0.15, -0.1) is 0 Å². The van der Waals surface area contributed by atoms with Crippen LogP contribution in [-0.2, 0) is 39.9 Å². The molecule has 3 amide bonds. The number of hydrogen-bond donors (Lipinski definition) is 5. The van der Waals surface area contributed by atoms with Gasteiger partial charge >= 0.3 is 18.2 Å². The fourth-order valence-electron chi connectivity index (χ4n) is 3.71. The Labute approximate surface area is 266 Å². The van der Waals surface area contributed by atoms with Gasteiger partial charge in [-0.1, -0.05) is 25.0 Å². The van der Waals surface area contributed by atoms with E-state index in [9.17, 15) is 29.1 Å². The highest BCUT2D eigenvalue weighted by Gasteiger charge is 2.23. The first-order valence-corrected chi connectivity index (χ1v) is 14.4. The van der Waals surface area contributed by atoms with Gasteiger partial charge in [-0.2, -0.15) is 19.8 Å². The second-order valence-corrected chi connectivity index (χ2v) is 10.9. The van der Waals surface area contributed by atoms with Crippen molar-refractivity contribution in [2.45, 2.75) is 70.9 Å². The number of hydrogen-bond acceptors (Lipinski definition) is 11. The summed E-state index contributed by atoms with van der Waals surface area (Å²) in [6.45, 7) is 4.87. The topological polar surface area (TPSA) is 236 Å². The lowest BCUT2D eigenvalue weighted by Gasteiger charge is -2.22. The van der Waals surface area contributed by atoms with E-state index in [1.54, 1.807) is 69.3 Å². The molecule has 2 aromatic carbocycles. The van der Waals surface area contributed by atoms with Gasteiger partial charge in [0.15, 0.2) is 5.78 Å². The van der Waals surface area contributed by atoms with Crippen LogP contribution in [0.2, 0.25) is 0 Å². The smallest absolute Gasteiger partial charge is 0.408 e. The van der Waals surface area contributed by atoms with Crippen LogP contribution in [0.1, 0.15) is 58.4 Å². The number of nitrogens with two attached hydrogens (primary N) is 1. The number of amides is 3. The van der Waals surface area contributed by atoms with Gasteiger partial charge in [-0.3, -0.25) is 14.4 Å². The first-order valence-electron chi connectivity index (χ1n) is 14.4. The third-order valence-corrected chi connectivity index (χ3v) is 5.82. The zero-order valence-corrected chi connectivity index (χ0v) is 26.0. The first kappa shape index (κ1) is 38.8. The molecule has 6 N–H and O–H groups in total. The van der Waals surface area contributed by atoms with Crippen LogP contribution in [0.25, 0.3) is 0 Å². The Hall–Kier alpha value is -5.27. The van der Waals surface area contributed by atoms with Crippen molar-refractivity contribution in [1.29, 1.82) is 0 Å². The number of ketones is 1. The van der Waals surface area contributed by atoms with E-state index in [0.29, 0.717) is 36.3 Å². The number of ether oxygens (including phenoxy) is 1. The van der Waals surface area contributed by atoms with Crippen molar-refractivity contribution >= 4 is 52.9 Å². The van der Waals surface area contributed by atoms with Crippen molar-refractivity contribution in [3.63, 3.8) is 0 Å². The number of aliphatic carboxylic acids is 1. The number of carbonyl (C=O) groups is 5. The molecular weight excluding hydrogens is 600 g/mol. The predicted molar refractivity (Wildman–Crippen MR) is 165 cm³/mol. The molecule has 1 atom stereocenters. The van der Waals surface area contributed by atoms with Crippen LogP contribution in [0.15, 0.2) is 58.8 Å². The van der Waals surface area contributed by atoms with E-state index in [1.807, 2.05) is 0 Å². The fourth-order valence-corrected chi connectivity index (χ4v) is 3.71. The number of alkyl carbamates (subject to hydrolysis) is 1.